The van der Waals surface area contributed by atoms with Gasteiger partial charge in [0.1, 0.15) is 12.4 Å². The summed E-state index contributed by atoms with van der Waals surface area (Å²) in [7, 11) is 0. The SMILES string of the molecule is CCC(=CCOc1cccc(Br)c1)C(=O)O. The standard InChI is InChI=1S/C12H13BrO3/c1-2-9(12(14)15)6-7-16-11-5-3-4-10(13)8-11/h3-6,8H,2,7H2,1H3,(H,14,15). The first-order valence-electron chi connectivity index (χ1n) is 4.94. The van der Waals surface area contributed by atoms with Crippen LogP contribution in [-0.4, -0.2) is 17.7 Å². The summed E-state index contributed by atoms with van der Waals surface area (Å²) < 4.78 is 6.33. The monoisotopic (exact) mass is 284 g/mol. The Balaban J connectivity index is 2.55. The van der Waals surface area contributed by atoms with Crippen molar-refractivity contribution in [3.8, 4) is 5.75 Å². The minimum atomic E-state index is -0.889. The predicted octanol–water partition coefficient (Wildman–Crippen LogP) is 3.25. The zero-order chi connectivity index (χ0) is 12.0. The lowest BCUT2D eigenvalue weighted by Gasteiger charge is -2.04. The fourth-order valence-electron chi connectivity index (χ4n) is 1.18. The van der Waals surface area contributed by atoms with Gasteiger partial charge in [0.2, 0.25) is 0 Å². The van der Waals surface area contributed by atoms with Crippen molar-refractivity contribution in [2.24, 2.45) is 0 Å². The number of aliphatic carboxylic acids is 1. The maximum Gasteiger partial charge on any atom is 0.331 e. The smallest absolute Gasteiger partial charge is 0.331 e. The Hall–Kier alpha value is -1.29. The van der Waals surface area contributed by atoms with Crippen LogP contribution < -0.4 is 4.74 Å². The van der Waals surface area contributed by atoms with E-state index in [1.165, 1.54) is 0 Å². The van der Waals surface area contributed by atoms with Crippen molar-refractivity contribution in [3.05, 3.63) is 40.4 Å². The van der Waals surface area contributed by atoms with E-state index < -0.39 is 5.97 Å². The molecule has 0 saturated carbocycles. The summed E-state index contributed by atoms with van der Waals surface area (Å²) in [5.41, 5.74) is 0.370. The molecule has 0 aliphatic heterocycles. The Labute approximate surface area is 103 Å². The average molecular weight is 285 g/mol. The summed E-state index contributed by atoms with van der Waals surface area (Å²) >= 11 is 3.33. The molecule has 1 N–H and O–H groups in total. The van der Waals surface area contributed by atoms with Crippen molar-refractivity contribution in [1.82, 2.24) is 0 Å². The molecule has 0 aliphatic rings. The molecule has 1 aromatic rings. The third-order valence-corrected chi connectivity index (χ3v) is 2.52. The lowest BCUT2D eigenvalue weighted by Crippen LogP contribution is -2.02. The van der Waals surface area contributed by atoms with Crippen molar-refractivity contribution in [3.63, 3.8) is 0 Å². The number of hydrogen-bond acceptors (Lipinski definition) is 2. The molecule has 16 heavy (non-hydrogen) atoms. The van der Waals surface area contributed by atoms with Crippen LogP contribution in [-0.2, 0) is 4.79 Å². The van der Waals surface area contributed by atoms with Crippen molar-refractivity contribution in [2.45, 2.75) is 13.3 Å². The number of benzene rings is 1. The second kappa shape index (κ2) is 6.33. The summed E-state index contributed by atoms with van der Waals surface area (Å²) in [6, 6.07) is 7.42. The molecule has 0 aliphatic carbocycles. The number of halogens is 1. The molecule has 0 atom stereocenters. The highest BCUT2D eigenvalue weighted by Gasteiger charge is 2.03. The second-order valence-corrected chi connectivity index (χ2v) is 4.07. The van der Waals surface area contributed by atoms with Crippen molar-refractivity contribution in [2.75, 3.05) is 6.61 Å². The predicted molar refractivity (Wildman–Crippen MR) is 65.6 cm³/mol. The van der Waals surface area contributed by atoms with E-state index >= 15 is 0 Å². The third-order valence-electron chi connectivity index (χ3n) is 2.03. The van der Waals surface area contributed by atoms with E-state index in [1.54, 1.807) is 13.0 Å². The van der Waals surface area contributed by atoms with Crippen LogP contribution in [0.25, 0.3) is 0 Å². The highest BCUT2D eigenvalue weighted by molar-refractivity contribution is 9.10. The molecule has 3 nitrogen and oxygen atoms in total. The fraction of sp³-hybridized carbons (Fsp3) is 0.250. The van der Waals surface area contributed by atoms with Gasteiger partial charge in [0.15, 0.2) is 0 Å². The first-order valence-corrected chi connectivity index (χ1v) is 5.73. The lowest BCUT2D eigenvalue weighted by atomic mass is 10.2. The quantitative estimate of drug-likeness (QED) is 0.845. The van der Waals surface area contributed by atoms with Gasteiger partial charge in [-0.25, -0.2) is 4.79 Å². The lowest BCUT2D eigenvalue weighted by molar-refractivity contribution is -0.132. The molecule has 0 fully saturated rings. The van der Waals surface area contributed by atoms with E-state index in [9.17, 15) is 4.79 Å². The van der Waals surface area contributed by atoms with E-state index in [0.29, 0.717) is 17.7 Å². The Morgan fingerprint density at radius 1 is 1.56 bits per heavy atom. The van der Waals surface area contributed by atoms with Gasteiger partial charge >= 0.3 is 5.97 Å². The van der Waals surface area contributed by atoms with Crippen LogP contribution in [0.4, 0.5) is 0 Å². The molecular formula is C12H13BrO3. The normalized spacial score (nSPS) is 11.2. The molecule has 1 aromatic carbocycles. The molecule has 0 amide bonds. The third kappa shape index (κ3) is 4.06. The number of carboxylic acid groups (broad SMARTS) is 1. The Morgan fingerprint density at radius 3 is 2.88 bits per heavy atom. The highest BCUT2D eigenvalue weighted by Crippen LogP contribution is 2.17. The van der Waals surface area contributed by atoms with Gasteiger partial charge in [0.25, 0.3) is 0 Å². The second-order valence-electron chi connectivity index (χ2n) is 3.16. The van der Waals surface area contributed by atoms with E-state index in [2.05, 4.69) is 15.9 Å². The molecule has 0 bridgehead atoms. The van der Waals surface area contributed by atoms with Gasteiger partial charge in [-0.3, -0.25) is 0 Å². The molecule has 0 unspecified atom stereocenters. The summed E-state index contributed by atoms with van der Waals surface area (Å²) in [6.07, 6.45) is 2.08. The number of rotatable bonds is 5. The Kier molecular flexibility index (Phi) is 5.05. The van der Waals surface area contributed by atoms with Gasteiger partial charge in [-0.05, 0) is 30.7 Å². The molecule has 0 spiro atoms. The van der Waals surface area contributed by atoms with E-state index in [-0.39, 0.29) is 6.61 Å². The zero-order valence-electron chi connectivity index (χ0n) is 8.94. The number of carbonyl (C=O) groups is 1. The Morgan fingerprint density at radius 2 is 2.31 bits per heavy atom. The average Bonchev–Trinajstić information content (AvgIpc) is 2.24. The van der Waals surface area contributed by atoms with E-state index in [0.717, 1.165) is 4.47 Å². The molecule has 0 heterocycles. The van der Waals surface area contributed by atoms with Crippen LogP contribution in [0.15, 0.2) is 40.4 Å². The molecule has 0 radical (unpaired) electrons. The van der Waals surface area contributed by atoms with Crippen LogP contribution in [0.2, 0.25) is 0 Å². The van der Waals surface area contributed by atoms with Crippen LogP contribution in [0.1, 0.15) is 13.3 Å². The van der Waals surface area contributed by atoms with Crippen LogP contribution in [0, 0.1) is 0 Å². The van der Waals surface area contributed by atoms with Gasteiger partial charge in [-0.2, -0.15) is 0 Å². The largest absolute Gasteiger partial charge is 0.489 e. The van der Waals surface area contributed by atoms with Gasteiger partial charge in [-0.15, -0.1) is 0 Å². The number of carboxylic acids is 1. The first-order chi connectivity index (χ1) is 7.63. The molecule has 0 saturated heterocycles. The van der Waals surface area contributed by atoms with Gasteiger partial charge in [0, 0.05) is 10.0 Å². The van der Waals surface area contributed by atoms with E-state index in [1.807, 2.05) is 24.3 Å². The molecular weight excluding hydrogens is 272 g/mol. The van der Waals surface area contributed by atoms with Gasteiger partial charge in [-0.1, -0.05) is 28.9 Å². The highest BCUT2D eigenvalue weighted by atomic mass is 79.9. The molecule has 4 heteroatoms. The molecule has 86 valence electrons. The summed E-state index contributed by atoms with van der Waals surface area (Å²) in [5, 5.41) is 8.78. The minimum Gasteiger partial charge on any atom is -0.489 e. The maximum absolute atomic E-state index is 10.7. The summed E-state index contributed by atoms with van der Waals surface area (Å²) in [4.78, 5) is 10.7. The zero-order valence-corrected chi connectivity index (χ0v) is 10.5. The topological polar surface area (TPSA) is 46.5 Å². The van der Waals surface area contributed by atoms with Gasteiger partial charge in [0.05, 0.1) is 0 Å². The summed E-state index contributed by atoms with van der Waals surface area (Å²) in [6.45, 7) is 2.07. The summed E-state index contributed by atoms with van der Waals surface area (Å²) in [5.74, 6) is -0.174. The maximum atomic E-state index is 10.7. The number of hydrogen-bond donors (Lipinski definition) is 1. The first kappa shape index (κ1) is 12.8. The Bertz CT molecular complexity index is 399. The van der Waals surface area contributed by atoms with Crippen LogP contribution >= 0.6 is 15.9 Å². The van der Waals surface area contributed by atoms with Crippen molar-refractivity contribution >= 4 is 21.9 Å². The van der Waals surface area contributed by atoms with Gasteiger partial charge < -0.3 is 9.84 Å². The van der Waals surface area contributed by atoms with Crippen molar-refractivity contribution < 1.29 is 14.6 Å². The van der Waals surface area contributed by atoms with E-state index in [4.69, 9.17) is 9.84 Å². The van der Waals surface area contributed by atoms with Crippen LogP contribution in [0.5, 0.6) is 5.75 Å². The molecule has 0 aromatic heterocycles. The fourth-order valence-corrected chi connectivity index (χ4v) is 1.56. The minimum absolute atomic E-state index is 0.270. The van der Waals surface area contributed by atoms with Crippen molar-refractivity contribution in [1.29, 1.82) is 0 Å². The van der Waals surface area contributed by atoms with Crippen LogP contribution in [0.3, 0.4) is 0 Å². The molecule has 1 rings (SSSR count). The number of ether oxygens (including phenoxy) is 1.